The zero-order valence-electron chi connectivity index (χ0n) is 9.26. The van der Waals surface area contributed by atoms with Gasteiger partial charge in [-0.3, -0.25) is 4.79 Å². The monoisotopic (exact) mass is 216 g/mol. The summed E-state index contributed by atoms with van der Waals surface area (Å²) in [6.07, 6.45) is 7.08. The van der Waals surface area contributed by atoms with E-state index >= 15 is 0 Å². The van der Waals surface area contributed by atoms with Crippen molar-refractivity contribution in [3.63, 3.8) is 0 Å². The van der Waals surface area contributed by atoms with Gasteiger partial charge in [0.2, 0.25) is 0 Å². The molecule has 2 nitrogen and oxygen atoms in total. The van der Waals surface area contributed by atoms with Crippen molar-refractivity contribution in [2.75, 3.05) is 0 Å². The summed E-state index contributed by atoms with van der Waals surface area (Å²) in [5, 5.41) is 0. The molecule has 0 N–H and O–H groups in total. The first-order valence-corrected chi connectivity index (χ1v) is 5.75. The molecule has 0 saturated heterocycles. The highest BCUT2D eigenvalue weighted by Gasteiger charge is 2.19. The number of Topliss-reactive ketones (excluding diaryl/α,β-unsaturated/α-hetero) is 1. The Bertz CT molecular complexity index is 368. The minimum atomic E-state index is -0.271. The maximum absolute atomic E-state index is 11.8. The Hall–Kier alpha value is -1.57. The number of carbonyl (C=O) groups excluding carboxylic acids is 1. The molecular formula is C14H16O2. The Labute approximate surface area is 95.9 Å². The molecule has 1 aromatic rings. The second-order valence-electron chi connectivity index (χ2n) is 3.97. The third-order valence-electron chi connectivity index (χ3n) is 2.70. The van der Waals surface area contributed by atoms with Gasteiger partial charge < -0.3 is 4.74 Å². The average Bonchev–Trinajstić information content (AvgIpc) is 2.30. The number of benzene rings is 1. The van der Waals surface area contributed by atoms with E-state index in [0.29, 0.717) is 6.42 Å². The standard InChI is InChI=1S/C14H16O2/c15-13-10-6-1-2-7-11-14(13)16-12-8-4-3-5-9-12/h1-5,8-9,14H,6-7,10-11H2/b2-1-. The van der Waals surface area contributed by atoms with E-state index in [1.54, 1.807) is 0 Å². The van der Waals surface area contributed by atoms with Gasteiger partial charge in [0.15, 0.2) is 11.9 Å². The topological polar surface area (TPSA) is 26.3 Å². The molecule has 1 aliphatic carbocycles. The Morgan fingerprint density at radius 3 is 2.62 bits per heavy atom. The molecule has 0 aromatic heterocycles. The lowest BCUT2D eigenvalue weighted by Crippen LogP contribution is -2.27. The van der Waals surface area contributed by atoms with E-state index in [9.17, 15) is 4.79 Å². The van der Waals surface area contributed by atoms with Gasteiger partial charge in [-0.15, -0.1) is 0 Å². The van der Waals surface area contributed by atoms with Crippen LogP contribution in [0.3, 0.4) is 0 Å². The van der Waals surface area contributed by atoms with Crippen LogP contribution >= 0.6 is 0 Å². The van der Waals surface area contributed by atoms with Gasteiger partial charge in [0.1, 0.15) is 5.75 Å². The van der Waals surface area contributed by atoms with Crippen molar-refractivity contribution < 1.29 is 9.53 Å². The molecule has 0 saturated carbocycles. The fourth-order valence-electron chi connectivity index (χ4n) is 1.82. The molecule has 0 spiro atoms. The zero-order chi connectivity index (χ0) is 11.2. The summed E-state index contributed by atoms with van der Waals surface area (Å²) in [5.74, 6) is 0.999. The lowest BCUT2D eigenvalue weighted by atomic mass is 10.0. The van der Waals surface area contributed by atoms with Crippen molar-refractivity contribution in [3.8, 4) is 5.75 Å². The number of para-hydroxylation sites is 1. The molecule has 0 amide bonds. The first-order valence-electron chi connectivity index (χ1n) is 5.75. The largest absolute Gasteiger partial charge is 0.483 e. The molecule has 0 heterocycles. The zero-order valence-corrected chi connectivity index (χ0v) is 9.26. The quantitative estimate of drug-likeness (QED) is 0.710. The maximum Gasteiger partial charge on any atom is 0.173 e. The van der Waals surface area contributed by atoms with Gasteiger partial charge in [-0.1, -0.05) is 30.4 Å². The molecule has 0 bridgehead atoms. The van der Waals surface area contributed by atoms with Gasteiger partial charge in [-0.05, 0) is 31.4 Å². The van der Waals surface area contributed by atoms with E-state index in [0.717, 1.165) is 25.0 Å². The first-order chi connectivity index (χ1) is 7.86. The molecule has 84 valence electrons. The highest BCUT2D eigenvalue weighted by molar-refractivity contribution is 5.83. The van der Waals surface area contributed by atoms with Crippen LogP contribution < -0.4 is 4.74 Å². The number of hydrogen-bond donors (Lipinski definition) is 0. The number of allylic oxidation sites excluding steroid dienone is 2. The molecule has 16 heavy (non-hydrogen) atoms. The van der Waals surface area contributed by atoms with Crippen LogP contribution in [0.5, 0.6) is 5.75 Å². The summed E-state index contributed by atoms with van der Waals surface area (Å²) in [6, 6.07) is 9.56. The Balaban J connectivity index is 2.02. The van der Waals surface area contributed by atoms with Crippen LogP contribution in [0.2, 0.25) is 0 Å². The highest BCUT2D eigenvalue weighted by Crippen LogP contribution is 2.17. The van der Waals surface area contributed by atoms with Crippen LogP contribution in [0.4, 0.5) is 0 Å². The van der Waals surface area contributed by atoms with Crippen LogP contribution in [-0.4, -0.2) is 11.9 Å². The summed E-state index contributed by atoms with van der Waals surface area (Å²) in [7, 11) is 0. The Kier molecular flexibility index (Phi) is 3.76. The van der Waals surface area contributed by atoms with E-state index in [4.69, 9.17) is 4.74 Å². The van der Waals surface area contributed by atoms with Gasteiger partial charge in [0, 0.05) is 6.42 Å². The molecule has 0 aliphatic heterocycles. The molecule has 1 unspecified atom stereocenters. The van der Waals surface area contributed by atoms with Crippen LogP contribution in [0.1, 0.15) is 25.7 Å². The molecule has 1 aliphatic rings. The highest BCUT2D eigenvalue weighted by atomic mass is 16.5. The SMILES string of the molecule is O=C1CC/C=C\CCC1Oc1ccccc1. The van der Waals surface area contributed by atoms with E-state index in [1.807, 2.05) is 30.3 Å². The lowest BCUT2D eigenvalue weighted by molar-refractivity contribution is -0.126. The van der Waals surface area contributed by atoms with E-state index in [1.165, 1.54) is 0 Å². The average molecular weight is 216 g/mol. The van der Waals surface area contributed by atoms with Gasteiger partial charge in [0.05, 0.1) is 0 Å². The summed E-state index contributed by atoms with van der Waals surface area (Å²) in [5.41, 5.74) is 0. The number of hydrogen-bond acceptors (Lipinski definition) is 2. The molecule has 2 heteroatoms. The molecule has 2 rings (SSSR count). The summed E-state index contributed by atoms with van der Waals surface area (Å²) < 4.78 is 5.72. The number of carbonyl (C=O) groups is 1. The van der Waals surface area contributed by atoms with Gasteiger partial charge in [-0.25, -0.2) is 0 Å². The molecule has 1 aromatic carbocycles. The van der Waals surface area contributed by atoms with Crippen molar-refractivity contribution in [3.05, 3.63) is 42.5 Å². The molecular weight excluding hydrogens is 200 g/mol. The fourth-order valence-corrected chi connectivity index (χ4v) is 1.82. The van der Waals surface area contributed by atoms with E-state index < -0.39 is 0 Å². The van der Waals surface area contributed by atoms with Gasteiger partial charge >= 0.3 is 0 Å². The van der Waals surface area contributed by atoms with Gasteiger partial charge in [0.25, 0.3) is 0 Å². The van der Waals surface area contributed by atoms with E-state index in [2.05, 4.69) is 12.2 Å². The van der Waals surface area contributed by atoms with Crippen molar-refractivity contribution in [2.45, 2.75) is 31.8 Å². The van der Waals surface area contributed by atoms with Crippen molar-refractivity contribution in [1.82, 2.24) is 0 Å². The molecule has 0 radical (unpaired) electrons. The lowest BCUT2D eigenvalue weighted by Gasteiger charge is -2.18. The molecule has 0 fully saturated rings. The van der Waals surface area contributed by atoms with E-state index in [-0.39, 0.29) is 11.9 Å². The summed E-state index contributed by atoms with van der Waals surface area (Å²) >= 11 is 0. The fraction of sp³-hybridized carbons (Fsp3) is 0.357. The Morgan fingerprint density at radius 1 is 1.06 bits per heavy atom. The minimum absolute atomic E-state index is 0.216. The number of ether oxygens (including phenoxy) is 1. The predicted molar refractivity (Wildman–Crippen MR) is 63.5 cm³/mol. The normalized spacial score (nSPS) is 23.2. The summed E-state index contributed by atoms with van der Waals surface area (Å²) in [6.45, 7) is 0. The van der Waals surface area contributed by atoms with Crippen LogP contribution in [0, 0.1) is 0 Å². The number of ketones is 1. The smallest absolute Gasteiger partial charge is 0.173 e. The number of rotatable bonds is 2. The molecule has 1 atom stereocenters. The van der Waals surface area contributed by atoms with Crippen molar-refractivity contribution in [2.24, 2.45) is 0 Å². The summed E-state index contributed by atoms with van der Waals surface area (Å²) in [4.78, 5) is 11.8. The van der Waals surface area contributed by atoms with Crippen LogP contribution in [0.25, 0.3) is 0 Å². The van der Waals surface area contributed by atoms with Gasteiger partial charge in [-0.2, -0.15) is 0 Å². The third kappa shape index (κ3) is 2.96. The third-order valence-corrected chi connectivity index (χ3v) is 2.70. The second-order valence-corrected chi connectivity index (χ2v) is 3.97. The minimum Gasteiger partial charge on any atom is -0.483 e. The van der Waals surface area contributed by atoms with Crippen LogP contribution in [0.15, 0.2) is 42.5 Å². The van der Waals surface area contributed by atoms with Crippen molar-refractivity contribution in [1.29, 1.82) is 0 Å². The predicted octanol–water partition coefficient (Wildman–Crippen LogP) is 3.13. The maximum atomic E-state index is 11.8. The van der Waals surface area contributed by atoms with Crippen molar-refractivity contribution >= 4 is 5.78 Å². The Morgan fingerprint density at radius 2 is 1.81 bits per heavy atom. The second kappa shape index (κ2) is 5.50. The first kappa shape index (κ1) is 10.9. The van der Waals surface area contributed by atoms with Crippen LogP contribution in [-0.2, 0) is 4.79 Å².